The van der Waals surface area contributed by atoms with Gasteiger partial charge in [0.2, 0.25) is 0 Å². The Labute approximate surface area is 170 Å². The predicted octanol–water partition coefficient (Wildman–Crippen LogP) is 3.44. The molecule has 1 aliphatic carbocycles. The molecule has 0 saturated heterocycles. The van der Waals surface area contributed by atoms with Crippen LogP contribution in [-0.2, 0) is 27.1 Å². The average molecular weight is 423 g/mol. The number of nitrogen functional groups attached to an aromatic ring is 1. The van der Waals surface area contributed by atoms with E-state index in [0.717, 1.165) is 29.7 Å². The van der Waals surface area contributed by atoms with E-state index in [1.165, 1.54) is 29.5 Å². The van der Waals surface area contributed by atoms with Crippen molar-refractivity contribution in [1.29, 1.82) is 0 Å². The van der Waals surface area contributed by atoms with E-state index in [1.54, 1.807) is 6.92 Å². The Hall–Kier alpha value is -2.58. The van der Waals surface area contributed by atoms with Crippen LogP contribution in [0.5, 0.6) is 0 Å². The highest BCUT2D eigenvalue weighted by Gasteiger charge is 2.28. The molecule has 0 atom stereocenters. The molecule has 9 heteroatoms. The first-order valence-electron chi connectivity index (χ1n) is 8.74. The van der Waals surface area contributed by atoms with Gasteiger partial charge in [-0.2, -0.15) is 0 Å². The summed E-state index contributed by atoms with van der Waals surface area (Å²) in [5.41, 5.74) is 7.44. The summed E-state index contributed by atoms with van der Waals surface area (Å²) in [7, 11) is 0. The summed E-state index contributed by atoms with van der Waals surface area (Å²) in [5, 5.41) is 3.42. The zero-order valence-corrected chi connectivity index (χ0v) is 16.7. The minimum absolute atomic E-state index is 0.192. The minimum atomic E-state index is -0.696. The first-order chi connectivity index (χ1) is 13.4. The maximum atomic E-state index is 12.3. The van der Waals surface area contributed by atoms with E-state index in [-0.39, 0.29) is 17.9 Å². The van der Waals surface area contributed by atoms with E-state index in [4.69, 9.17) is 26.8 Å². The number of halogens is 1. The number of hydrogen-bond donors (Lipinski definition) is 2. The van der Waals surface area contributed by atoms with Crippen LogP contribution in [0.15, 0.2) is 18.2 Å². The third-order valence-corrected chi connectivity index (χ3v) is 5.77. The zero-order valence-electron chi connectivity index (χ0n) is 15.2. The van der Waals surface area contributed by atoms with E-state index in [0.29, 0.717) is 15.6 Å². The lowest BCUT2D eigenvalue weighted by Gasteiger charge is -2.09. The first-order valence-corrected chi connectivity index (χ1v) is 9.93. The lowest BCUT2D eigenvalue weighted by Crippen LogP contribution is -2.22. The first kappa shape index (κ1) is 20.2. The molecule has 7 nitrogen and oxygen atoms in total. The molecule has 0 unspecified atom stereocenters. The second-order valence-corrected chi connectivity index (χ2v) is 7.65. The maximum Gasteiger partial charge on any atom is 0.341 e. The molecule has 1 aliphatic rings. The topological polar surface area (TPSA) is 108 Å². The van der Waals surface area contributed by atoms with Crippen LogP contribution in [0.4, 0.5) is 10.7 Å². The zero-order chi connectivity index (χ0) is 20.3. The molecule has 1 aromatic heterocycles. The number of ether oxygens (including phenoxy) is 2. The fourth-order valence-corrected chi connectivity index (χ4v) is 4.37. The number of nitrogens with one attached hydrogen (secondary N) is 1. The second kappa shape index (κ2) is 8.62. The van der Waals surface area contributed by atoms with Crippen LogP contribution in [0.1, 0.15) is 44.5 Å². The number of nitrogens with two attached hydrogens (primary N) is 1. The SMILES string of the molecule is CCOC(=O)c1c(NC(=O)COC(=O)c2ccc(Cl)c(N)c2)sc2c1CCC2. The van der Waals surface area contributed by atoms with Crippen molar-refractivity contribution >= 4 is 51.5 Å². The van der Waals surface area contributed by atoms with Crippen molar-refractivity contribution in [3.63, 3.8) is 0 Å². The number of thiophene rings is 1. The normalized spacial score (nSPS) is 12.4. The molecule has 3 N–H and O–H groups in total. The summed E-state index contributed by atoms with van der Waals surface area (Å²) >= 11 is 7.18. The van der Waals surface area contributed by atoms with E-state index in [1.807, 2.05) is 0 Å². The van der Waals surface area contributed by atoms with Crippen molar-refractivity contribution in [3.8, 4) is 0 Å². The summed E-state index contributed by atoms with van der Waals surface area (Å²) in [4.78, 5) is 37.7. The van der Waals surface area contributed by atoms with Gasteiger partial charge in [0.25, 0.3) is 5.91 Å². The molecule has 0 radical (unpaired) electrons. The summed E-state index contributed by atoms with van der Waals surface area (Å²) in [6, 6.07) is 4.32. The highest BCUT2D eigenvalue weighted by atomic mass is 35.5. The van der Waals surface area contributed by atoms with Gasteiger partial charge < -0.3 is 20.5 Å². The Morgan fingerprint density at radius 1 is 1.21 bits per heavy atom. The maximum absolute atomic E-state index is 12.3. The molecule has 0 saturated carbocycles. The van der Waals surface area contributed by atoms with E-state index in [9.17, 15) is 14.4 Å². The van der Waals surface area contributed by atoms with Crippen LogP contribution in [0.2, 0.25) is 5.02 Å². The van der Waals surface area contributed by atoms with Gasteiger partial charge in [-0.25, -0.2) is 9.59 Å². The van der Waals surface area contributed by atoms with Crippen LogP contribution in [-0.4, -0.2) is 31.1 Å². The quantitative estimate of drug-likeness (QED) is 0.545. The summed E-state index contributed by atoms with van der Waals surface area (Å²) in [6.07, 6.45) is 2.63. The molecule has 3 rings (SSSR count). The number of fused-ring (bicyclic) bond motifs is 1. The lowest BCUT2D eigenvalue weighted by molar-refractivity contribution is -0.119. The van der Waals surface area contributed by atoms with Gasteiger partial charge in [0.1, 0.15) is 5.00 Å². The fourth-order valence-electron chi connectivity index (χ4n) is 2.96. The largest absolute Gasteiger partial charge is 0.462 e. The van der Waals surface area contributed by atoms with Gasteiger partial charge in [-0.1, -0.05) is 11.6 Å². The molecular formula is C19H19ClN2O5S. The van der Waals surface area contributed by atoms with Crippen molar-refractivity contribution in [1.82, 2.24) is 0 Å². The number of benzene rings is 1. The standard InChI is InChI=1S/C19H19ClN2O5S/c1-2-26-19(25)16-11-4-3-5-14(11)28-17(16)22-15(23)9-27-18(24)10-6-7-12(20)13(21)8-10/h6-8H,2-5,9,21H2,1H3,(H,22,23). The van der Waals surface area contributed by atoms with E-state index in [2.05, 4.69) is 5.32 Å². The summed E-state index contributed by atoms with van der Waals surface area (Å²) in [6.45, 7) is 1.48. The molecule has 1 aromatic carbocycles. The number of anilines is 2. The molecule has 0 bridgehead atoms. The van der Waals surface area contributed by atoms with Crippen LogP contribution in [0, 0.1) is 0 Å². The van der Waals surface area contributed by atoms with Gasteiger partial charge in [-0.05, 0) is 49.9 Å². The Bertz CT molecular complexity index is 941. The molecule has 1 amide bonds. The third kappa shape index (κ3) is 4.28. The average Bonchev–Trinajstić information content (AvgIpc) is 3.22. The molecule has 28 heavy (non-hydrogen) atoms. The molecule has 2 aromatic rings. The van der Waals surface area contributed by atoms with Gasteiger partial charge in [-0.15, -0.1) is 11.3 Å². The van der Waals surface area contributed by atoms with Gasteiger partial charge in [0, 0.05) is 4.88 Å². The van der Waals surface area contributed by atoms with Crippen LogP contribution < -0.4 is 11.1 Å². The van der Waals surface area contributed by atoms with Gasteiger partial charge in [0.05, 0.1) is 28.4 Å². The Morgan fingerprint density at radius 2 is 2.00 bits per heavy atom. The number of rotatable bonds is 6. The summed E-state index contributed by atoms with van der Waals surface area (Å²) < 4.78 is 10.1. The highest BCUT2D eigenvalue weighted by molar-refractivity contribution is 7.17. The Balaban J connectivity index is 1.66. The van der Waals surface area contributed by atoms with Gasteiger partial charge in [-0.3, -0.25) is 4.79 Å². The van der Waals surface area contributed by atoms with Crippen molar-refractivity contribution in [2.75, 3.05) is 24.3 Å². The van der Waals surface area contributed by atoms with Gasteiger partial charge in [0.15, 0.2) is 6.61 Å². The second-order valence-electron chi connectivity index (χ2n) is 6.14. The van der Waals surface area contributed by atoms with E-state index < -0.39 is 24.5 Å². The van der Waals surface area contributed by atoms with Crippen LogP contribution in [0.25, 0.3) is 0 Å². The number of hydrogen-bond acceptors (Lipinski definition) is 7. The number of carbonyl (C=O) groups is 3. The number of aryl methyl sites for hydroxylation is 1. The number of carbonyl (C=O) groups excluding carboxylic acids is 3. The van der Waals surface area contributed by atoms with Crippen molar-refractivity contribution < 1.29 is 23.9 Å². The number of amides is 1. The smallest absolute Gasteiger partial charge is 0.341 e. The molecule has 0 spiro atoms. The van der Waals surface area contributed by atoms with Gasteiger partial charge >= 0.3 is 11.9 Å². The van der Waals surface area contributed by atoms with Crippen molar-refractivity contribution in [3.05, 3.63) is 44.8 Å². The molecular weight excluding hydrogens is 404 g/mol. The van der Waals surface area contributed by atoms with E-state index >= 15 is 0 Å². The lowest BCUT2D eigenvalue weighted by atomic mass is 10.1. The minimum Gasteiger partial charge on any atom is -0.462 e. The highest BCUT2D eigenvalue weighted by Crippen LogP contribution is 2.39. The summed E-state index contributed by atoms with van der Waals surface area (Å²) in [5.74, 6) is -1.69. The molecule has 148 valence electrons. The number of esters is 2. The predicted molar refractivity (Wildman–Crippen MR) is 107 cm³/mol. The molecule has 1 heterocycles. The van der Waals surface area contributed by atoms with Crippen LogP contribution in [0.3, 0.4) is 0 Å². The molecule has 0 aliphatic heterocycles. The van der Waals surface area contributed by atoms with Crippen molar-refractivity contribution in [2.45, 2.75) is 26.2 Å². The molecule has 0 fully saturated rings. The monoisotopic (exact) mass is 422 g/mol. The fraction of sp³-hybridized carbons (Fsp3) is 0.316. The van der Waals surface area contributed by atoms with Crippen molar-refractivity contribution in [2.24, 2.45) is 0 Å². The Morgan fingerprint density at radius 3 is 2.71 bits per heavy atom. The third-order valence-electron chi connectivity index (χ3n) is 4.22. The Kier molecular flexibility index (Phi) is 6.21. The van der Waals surface area contributed by atoms with Crippen LogP contribution >= 0.6 is 22.9 Å².